The Kier molecular flexibility index (Phi) is 5.66. The van der Waals surface area contributed by atoms with Gasteiger partial charge in [0.2, 0.25) is 23.6 Å². The van der Waals surface area contributed by atoms with Crippen molar-refractivity contribution < 1.29 is 42.2 Å². The Hall–Kier alpha value is -4.15. The van der Waals surface area contributed by atoms with Crippen LogP contribution in [-0.2, 0) is 19.2 Å². The van der Waals surface area contributed by atoms with Crippen LogP contribution in [0.15, 0.2) is 60.2 Å². The van der Waals surface area contributed by atoms with Gasteiger partial charge in [-0.1, -0.05) is 29.8 Å². The first-order valence-corrected chi connectivity index (χ1v) is 12.9. The van der Waals surface area contributed by atoms with E-state index in [4.69, 9.17) is 0 Å². The van der Waals surface area contributed by atoms with Crippen molar-refractivity contribution in [3.8, 4) is 11.5 Å². The van der Waals surface area contributed by atoms with Gasteiger partial charge < -0.3 is 9.84 Å². The lowest BCUT2D eigenvalue weighted by Gasteiger charge is -2.49. The van der Waals surface area contributed by atoms with E-state index in [1.807, 2.05) is 0 Å². The van der Waals surface area contributed by atoms with Gasteiger partial charge >= 0.3 is 6.36 Å². The monoisotopic (exact) mass is 554 g/mol. The molecule has 3 fully saturated rings. The molecule has 2 aliphatic heterocycles. The van der Waals surface area contributed by atoms with Crippen molar-refractivity contribution in [1.82, 2.24) is 4.90 Å². The number of likely N-dealkylation sites (tertiary alicyclic amines) is 1. The summed E-state index contributed by atoms with van der Waals surface area (Å²) in [5.74, 6) is -6.86. The van der Waals surface area contributed by atoms with Gasteiger partial charge in [-0.3, -0.25) is 24.1 Å². The van der Waals surface area contributed by atoms with Crippen LogP contribution in [0.5, 0.6) is 11.5 Å². The molecule has 0 bridgehead atoms. The molecule has 11 heteroatoms. The third-order valence-corrected chi connectivity index (χ3v) is 9.05. The number of fused-ring (bicyclic) bond motifs is 4. The van der Waals surface area contributed by atoms with E-state index in [9.17, 15) is 37.5 Å². The lowest BCUT2D eigenvalue weighted by atomic mass is 9.51. The molecular formula is C29H25F3N2O6. The van der Waals surface area contributed by atoms with Crippen LogP contribution in [0.25, 0.3) is 0 Å². The van der Waals surface area contributed by atoms with Crippen molar-refractivity contribution in [2.75, 3.05) is 11.9 Å². The maximum atomic E-state index is 14.2. The van der Waals surface area contributed by atoms with Gasteiger partial charge in [-0.05, 0) is 56.0 Å². The minimum absolute atomic E-state index is 0.0233. The first-order chi connectivity index (χ1) is 18.8. The Balaban J connectivity index is 1.55. The van der Waals surface area contributed by atoms with Crippen LogP contribution in [0, 0.1) is 29.1 Å². The van der Waals surface area contributed by atoms with Gasteiger partial charge in [0.25, 0.3) is 0 Å². The summed E-state index contributed by atoms with van der Waals surface area (Å²) in [5, 5.41) is 11.0. The van der Waals surface area contributed by atoms with Gasteiger partial charge in [0.15, 0.2) is 0 Å². The van der Waals surface area contributed by atoms with E-state index in [1.54, 1.807) is 43.3 Å². The van der Waals surface area contributed by atoms with E-state index in [2.05, 4.69) is 4.74 Å². The number of carbonyl (C=O) groups excluding carboxylic acids is 4. The number of para-hydroxylation sites is 1. The molecule has 4 aliphatic rings. The van der Waals surface area contributed by atoms with Crippen molar-refractivity contribution in [2.45, 2.75) is 32.0 Å². The Morgan fingerprint density at radius 1 is 0.975 bits per heavy atom. The molecule has 6 atom stereocenters. The minimum atomic E-state index is -5.00. The van der Waals surface area contributed by atoms with Crippen molar-refractivity contribution in [3.63, 3.8) is 0 Å². The number of nitrogens with zero attached hydrogens (tertiary/aromatic N) is 2. The first-order valence-electron chi connectivity index (χ1n) is 12.9. The number of amides is 4. The number of aromatic hydroxyl groups is 1. The summed E-state index contributed by atoms with van der Waals surface area (Å²) in [4.78, 5) is 56.4. The molecule has 2 aliphatic carbocycles. The number of allylic oxidation sites excluding steroid dienone is 2. The van der Waals surface area contributed by atoms with Crippen LogP contribution in [0.3, 0.4) is 0 Å². The smallest absolute Gasteiger partial charge is 0.508 e. The second-order valence-electron chi connectivity index (χ2n) is 11.0. The number of imide groups is 2. The molecule has 4 amide bonds. The zero-order chi connectivity index (χ0) is 28.7. The molecule has 0 spiro atoms. The number of halogens is 3. The Bertz CT molecular complexity index is 1490. The molecule has 0 aromatic heterocycles. The van der Waals surface area contributed by atoms with Crippen LogP contribution in [0.2, 0.25) is 0 Å². The van der Waals surface area contributed by atoms with Gasteiger partial charge in [-0.15, -0.1) is 13.2 Å². The SMILES string of the molecule is CN1C(=O)[C@H]2[C@H](CC=C3[C@H]2C[C@H]2C(=O)N(c4ccccc4)C(=O)[C@@]2(C)[C@H]3c2cc(OC(F)(F)F)ccc2O)C1=O. The zero-order valence-corrected chi connectivity index (χ0v) is 21.5. The molecule has 2 aromatic rings. The maximum absolute atomic E-state index is 14.2. The number of anilines is 1. The van der Waals surface area contributed by atoms with E-state index in [0.717, 1.165) is 28.0 Å². The fourth-order valence-corrected chi connectivity index (χ4v) is 7.30. The van der Waals surface area contributed by atoms with Crippen LogP contribution in [-0.4, -0.2) is 47.0 Å². The summed E-state index contributed by atoms with van der Waals surface area (Å²) >= 11 is 0. The summed E-state index contributed by atoms with van der Waals surface area (Å²) in [6, 6.07) is 11.3. The van der Waals surface area contributed by atoms with Crippen LogP contribution in [0.1, 0.15) is 31.2 Å². The topological polar surface area (TPSA) is 104 Å². The van der Waals surface area contributed by atoms with Gasteiger partial charge in [0, 0.05) is 18.5 Å². The highest BCUT2D eigenvalue weighted by molar-refractivity contribution is 6.24. The van der Waals surface area contributed by atoms with Gasteiger partial charge in [0.1, 0.15) is 11.5 Å². The third kappa shape index (κ3) is 3.59. The van der Waals surface area contributed by atoms with E-state index in [1.165, 1.54) is 7.05 Å². The minimum Gasteiger partial charge on any atom is -0.508 e. The largest absolute Gasteiger partial charge is 0.573 e. The molecule has 1 saturated carbocycles. The number of ether oxygens (including phenoxy) is 1. The molecule has 1 N–H and O–H groups in total. The number of rotatable bonds is 3. The fourth-order valence-electron chi connectivity index (χ4n) is 7.30. The molecule has 0 unspecified atom stereocenters. The lowest BCUT2D eigenvalue weighted by Crippen LogP contribution is -2.48. The summed E-state index contributed by atoms with van der Waals surface area (Å²) in [5.41, 5.74) is -0.641. The molecule has 6 rings (SSSR count). The molecule has 2 saturated heterocycles. The molecule has 2 aromatic carbocycles. The molecular weight excluding hydrogens is 529 g/mol. The van der Waals surface area contributed by atoms with E-state index >= 15 is 0 Å². The zero-order valence-electron chi connectivity index (χ0n) is 21.5. The van der Waals surface area contributed by atoms with Gasteiger partial charge in [-0.25, -0.2) is 4.90 Å². The van der Waals surface area contributed by atoms with Crippen molar-refractivity contribution in [1.29, 1.82) is 0 Å². The van der Waals surface area contributed by atoms with Gasteiger partial charge in [-0.2, -0.15) is 0 Å². The highest BCUT2D eigenvalue weighted by atomic mass is 19.4. The summed E-state index contributed by atoms with van der Waals surface area (Å²) in [6.45, 7) is 1.58. The number of phenols is 1. The quantitative estimate of drug-likeness (QED) is 0.452. The molecule has 40 heavy (non-hydrogen) atoms. The van der Waals surface area contributed by atoms with Gasteiger partial charge in [0.05, 0.1) is 28.9 Å². The fraction of sp³-hybridized carbons (Fsp3) is 0.379. The van der Waals surface area contributed by atoms with Crippen molar-refractivity contribution >= 4 is 29.3 Å². The highest BCUT2D eigenvalue weighted by Crippen LogP contribution is 2.64. The van der Waals surface area contributed by atoms with E-state index in [0.29, 0.717) is 11.3 Å². The summed E-state index contributed by atoms with van der Waals surface area (Å²) in [7, 11) is 1.40. The Morgan fingerprint density at radius 3 is 2.35 bits per heavy atom. The number of benzene rings is 2. The molecule has 208 valence electrons. The highest BCUT2D eigenvalue weighted by Gasteiger charge is 2.67. The Labute approximate surface area is 227 Å². The number of hydrogen-bond acceptors (Lipinski definition) is 6. The maximum Gasteiger partial charge on any atom is 0.573 e. The first kappa shape index (κ1) is 26.1. The predicted molar refractivity (Wildman–Crippen MR) is 134 cm³/mol. The molecule has 0 radical (unpaired) electrons. The van der Waals surface area contributed by atoms with Crippen molar-refractivity contribution in [3.05, 3.63) is 65.7 Å². The Morgan fingerprint density at radius 2 is 1.68 bits per heavy atom. The van der Waals surface area contributed by atoms with Crippen molar-refractivity contribution in [2.24, 2.45) is 29.1 Å². The number of carbonyl (C=O) groups is 4. The second kappa shape index (κ2) is 8.67. The standard InChI is InChI=1S/C29H25F3N2O6/c1-28-20(25(37)34(27(28)39)14-6-4-3-5-7-14)13-18-16(9-10-17-22(18)26(38)33(2)24(17)36)23(28)19-12-15(8-11-21(19)35)40-29(30,31)32/h3-9,11-12,17-18,20,22-23,35H,10,13H2,1-2H3/t17-,18+,20-,22-,23+,28+/m0/s1. The van der Waals surface area contributed by atoms with E-state index < -0.39 is 64.8 Å². The normalized spacial score (nSPS) is 31.6. The average Bonchev–Trinajstić information content (AvgIpc) is 3.24. The number of hydrogen-bond donors (Lipinski definition) is 1. The average molecular weight is 555 g/mol. The second-order valence-corrected chi connectivity index (χ2v) is 11.0. The number of phenolic OH excluding ortho intramolecular Hbond substituents is 1. The lowest BCUT2D eigenvalue weighted by molar-refractivity contribution is -0.274. The van der Waals surface area contributed by atoms with Crippen LogP contribution >= 0.6 is 0 Å². The molecule has 2 heterocycles. The summed E-state index contributed by atoms with van der Waals surface area (Å²) in [6.07, 6.45) is -2.97. The molecule has 8 nitrogen and oxygen atoms in total. The van der Waals surface area contributed by atoms with E-state index in [-0.39, 0.29) is 30.1 Å². The number of alkyl halides is 3. The third-order valence-electron chi connectivity index (χ3n) is 9.05. The summed E-state index contributed by atoms with van der Waals surface area (Å²) < 4.78 is 43.5. The van der Waals surface area contributed by atoms with Crippen LogP contribution in [0.4, 0.5) is 18.9 Å². The predicted octanol–water partition coefficient (Wildman–Crippen LogP) is 4.15. The van der Waals surface area contributed by atoms with Crippen LogP contribution < -0.4 is 9.64 Å².